The van der Waals surface area contributed by atoms with E-state index in [1.807, 2.05) is 24.3 Å². The number of imide groups is 1. The lowest BCUT2D eigenvalue weighted by molar-refractivity contribution is -0.123. The number of amides is 3. The highest BCUT2D eigenvalue weighted by Gasteiger charge is 2.55. The van der Waals surface area contributed by atoms with Crippen molar-refractivity contribution in [3.05, 3.63) is 59.7 Å². The maximum absolute atomic E-state index is 13.5. The van der Waals surface area contributed by atoms with Crippen LogP contribution in [0.4, 0.5) is 14.9 Å². The number of urea groups is 1. The summed E-state index contributed by atoms with van der Waals surface area (Å²) in [6, 6.07) is 8.27. The first-order valence-corrected chi connectivity index (χ1v) is 7.89. The Kier molecular flexibility index (Phi) is 3.16. The van der Waals surface area contributed by atoms with Crippen LogP contribution in [0.1, 0.15) is 36.8 Å². The van der Waals surface area contributed by atoms with E-state index in [-0.39, 0.29) is 11.6 Å². The zero-order chi connectivity index (χ0) is 16.9. The highest BCUT2D eigenvalue weighted by atomic mass is 19.1. The quantitative estimate of drug-likeness (QED) is 0.820. The Morgan fingerprint density at radius 3 is 2.88 bits per heavy atom. The Balaban J connectivity index is 1.83. The molecule has 0 radical (unpaired) electrons. The number of benzene rings is 1. The summed E-state index contributed by atoms with van der Waals surface area (Å²) in [5, 5.41) is 2.85. The number of carbonyl (C=O) groups excluding carboxylic acids is 2. The summed E-state index contributed by atoms with van der Waals surface area (Å²) in [4.78, 5) is 30.4. The van der Waals surface area contributed by atoms with Crippen LogP contribution in [0.25, 0.3) is 0 Å². The lowest BCUT2D eigenvalue weighted by Crippen LogP contribution is -2.47. The molecule has 122 valence electrons. The summed E-state index contributed by atoms with van der Waals surface area (Å²) in [5.41, 5.74) is 0.961. The van der Waals surface area contributed by atoms with E-state index in [1.54, 1.807) is 0 Å². The zero-order valence-corrected chi connectivity index (χ0v) is 13.1. The van der Waals surface area contributed by atoms with Crippen molar-refractivity contribution in [1.82, 2.24) is 10.3 Å². The van der Waals surface area contributed by atoms with Gasteiger partial charge in [0.05, 0.1) is 18.1 Å². The number of nitrogens with zero attached hydrogens (tertiary/aromatic N) is 2. The molecule has 0 saturated carbocycles. The van der Waals surface area contributed by atoms with Crippen molar-refractivity contribution in [1.29, 1.82) is 0 Å². The Bertz CT molecular complexity index is 854. The Morgan fingerprint density at radius 1 is 1.29 bits per heavy atom. The van der Waals surface area contributed by atoms with Gasteiger partial charge >= 0.3 is 6.03 Å². The molecule has 3 amide bonds. The van der Waals surface area contributed by atoms with E-state index in [9.17, 15) is 14.0 Å². The van der Waals surface area contributed by atoms with Crippen LogP contribution in [0.5, 0.6) is 0 Å². The molecule has 5 nitrogen and oxygen atoms in total. The molecule has 1 fully saturated rings. The molecule has 2 unspecified atom stereocenters. The number of halogens is 1. The smallest absolute Gasteiger partial charge is 0.319 e. The van der Waals surface area contributed by atoms with E-state index in [1.165, 1.54) is 6.20 Å². The van der Waals surface area contributed by atoms with Crippen molar-refractivity contribution in [2.24, 2.45) is 0 Å². The molecule has 1 N–H and O–H groups in total. The largest absolute Gasteiger partial charge is 0.330 e. The van der Waals surface area contributed by atoms with Gasteiger partial charge in [0.2, 0.25) is 0 Å². The van der Waals surface area contributed by atoms with Gasteiger partial charge in [-0.3, -0.25) is 9.78 Å². The Morgan fingerprint density at radius 2 is 2.08 bits per heavy atom. The SMILES string of the molecule is CC1CCC2(NC(=O)N(c3cncc(F)c3)C2=O)c2ccccc21. The summed E-state index contributed by atoms with van der Waals surface area (Å²) in [7, 11) is 0. The van der Waals surface area contributed by atoms with Gasteiger partial charge in [-0.2, -0.15) is 0 Å². The fourth-order valence-electron chi connectivity index (χ4n) is 3.72. The predicted molar refractivity (Wildman–Crippen MR) is 86.0 cm³/mol. The molecule has 1 aliphatic heterocycles. The number of aromatic nitrogens is 1. The van der Waals surface area contributed by atoms with E-state index >= 15 is 0 Å². The average molecular weight is 325 g/mol. The predicted octanol–water partition coefficient (Wildman–Crippen LogP) is 3.07. The normalized spacial score (nSPS) is 25.8. The second-order valence-electron chi connectivity index (χ2n) is 6.36. The molecular formula is C18H16FN3O2. The molecule has 2 heterocycles. The third-order valence-electron chi connectivity index (χ3n) is 4.94. The van der Waals surface area contributed by atoms with Crippen LogP contribution >= 0.6 is 0 Å². The topological polar surface area (TPSA) is 62.3 Å². The molecule has 1 aromatic heterocycles. The van der Waals surface area contributed by atoms with Crippen molar-refractivity contribution in [2.75, 3.05) is 4.90 Å². The fraction of sp³-hybridized carbons (Fsp3) is 0.278. The summed E-state index contributed by atoms with van der Waals surface area (Å²) in [5.74, 6) is -0.646. The number of pyridine rings is 1. The lowest BCUT2D eigenvalue weighted by Gasteiger charge is -2.36. The van der Waals surface area contributed by atoms with Crippen molar-refractivity contribution < 1.29 is 14.0 Å². The first kappa shape index (κ1) is 14.8. The third-order valence-corrected chi connectivity index (χ3v) is 4.94. The molecule has 1 spiro atoms. The van der Waals surface area contributed by atoms with Gasteiger partial charge in [0.1, 0.15) is 11.4 Å². The van der Waals surface area contributed by atoms with Gasteiger partial charge in [0.15, 0.2) is 0 Å². The van der Waals surface area contributed by atoms with Gasteiger partial charge in [-0.15, -0.1) is 0 Å². The Hall–Kier alpha value is -2.76. The van der Waals surface area contributed by atoms with E-state index in [0.29, 0.717) is 12.3 Å². The molecule has 6 heteroatoms. The second kappa shape index (κ2) is 5.12. The third kappa shape index (κ3) is 1.95. The van der Waals surface area contributed by atoms with Crippen molar-refractivity contribution in [3.8, 4) is 0 Å². The highest BCUT2D eigenvalue weighted by Crippen LogP contribution is 2.45. The minimum atomic E-state index is -1.08. The van der Waals surface area contributed by atoms with Gasteiger partial charge in [-0.05, 0) is 29.9 Å². The van der Waals surface area contributed by atoms with Crippen LogP contribution in [-0.2, 0) is 10.3 Å². The minimum absolute atomic E-state index is 0.144. The van der Waals surface area contributed by atoms with E-state index in [4.69, 9.17) is 0 Å². The molecule has 1 saturated heterocycles. The summed E-state index contributed by atoms with van der Waals surface area (Å²) in [6.45, 7) is 2.11. The molecule has 2 aliphatic rings. The van der Waals surface area contributed by atoms with Crippen LogP contribution in [-0.4, -0.2) is 16.9 Å². The maximum atomic E-state index is 13.5. The van der Waals surface area contributed by atoms with Crippen molar-refractivity contribution >= 4 is 17.6 Å². The first-order valence-electron chi connectivity index (χ1n) is 7.89. The lowest BCUT2D eigenvalue weighted by atomic mass is 9.72. The van der Waals surface area contributed by atoms with Gasteiger partial charge in [-0.25, -0.2) is 14.1 Å². The molecule has 4 rings (SSSR count). The number of nitrogens with one attached hydrogen (secondary N) is 1. The molecule has 0 bridgehead atoms. The maximum Gasteiger partial charge on any atom is 0.330 e. The number of rotatable bonds is 1. The summed E-state index contributed by atoms with van der Waals surface area (Å²) >= 11 is 0. The number of fused-ring (bicyclic) bond motifs is 2. The number of carbonyl (C=O) groups is 2. The second-order valence-corrected chi connectivity index (χ2v) is 6.36. The standard InChI is InChI=1S/C18H16FN3O2/c1-11-6-7-18(15-5-3-2-4-14(11)15)16(23)22(17(24)21-18)13-8-12(19)9-20-10-13/h2-5,8-11H,6-7H2,1H3,(H,21,24). The zero-order valence-electron chi connectivity index (χ0n) is 13.1. The minimum Gasteiger partial charge on any atom is -0.319 e. The monoisotopic (exact) mass is 325 g/mol. The number of hydrogen-bond acceptors (Lipinski definition) is 3. The molecule has 1 aromatic carbocycles. The fourth-order valence-corrected chi connectivity index (χ4v) is 3.72. The first-order chi connectivity index (χ1) is 11.5. The van der Waals surface area contributed by atoms with Gasteiger partial charge in [0, 0.05) is 6.07 Å². The van der Waals surface area contributed by atoms with Crippen LogP contribution in [0, 0.1) is 5.82 Å². The molecule has 2 atom stereocenters. The average Bonchev–Trinajstić information content (AvgIpc) is 2.83. The molecule has 1 aliphatic carbocycles. The Labute approximate surface area is 138 Å². The van der Waals surface area contributed by atoms with E-state index < -0.39 is 17.4 Å². The van der Waals surface area contributed by atoms with E-state index in [2.05, 4.69) is 17.2 Å². The van der Waals surface area contributed by atoms with Crippen LogP contribution in [0.2, 0.25) is 0 Å². The summed E-state index contributed by atoms with van der Waals surface area (Å²) < 4.78 is 13.5. The van der Waals surface area contributed by atoms with Gasteiger partial charge in [0.25, 0.3) is 5.91 Å². The van der Waals surface area contributed by atoms with Gasteiger partial charge < -0.3 is 5.32 Å². The molecular weight excluding hydrogens is 309 g/mol. The number of anilines is 1. The molecule has 2 aromatic rings. The van der Waals surface area contributed by atoms with Crippen LogP contribution < -0.4 is 10.2 Å². The highest BCUT2D eigenvalue weighted by molar-refractivity contribution is 6.23. The number of hydrogen-bond donors (Lipinski definition) is 1. The van der Waals surface area contributed by atoms with Crippen molar-refractivity contribution in [2.45, 2.75) is 31.2 Å². The molecule has 24 heavy (non-hydrogen) atoms. The van der Waals surface area contributed by atoms with Crippen molar-refractivity contribution in [3.63, 3.8) is 0 Å². The van der Waals surface area contributed by atoms with Crippen LogP contribution in [0.3, 0.4) is 0 Å². The van der Waals surface area contributed by atoms with Crippen LogP contribution in [0.15, 0.2) is 42.7 Å². The van der Waals surface area contributed by atoms with E-state index in [0.717, 1.165) is 34.7 Å². The van der Waals surface area contributed by atoms with Gasteiger partial charge in [-0.1, -0.05) is 31.2 Å². The summed E-state index contributed by atoms with van der Waals surface area (Å²) in [6.07, 6.45) is 3.67.